The van der Waals surface area contributed by atoms with Gasteiger partial charge in [0.25, 0.3) is 10.1 Å². The highest BCUT2D eigenvalue weighted by atomic mass is 32.2. The maximum Gasteiger partial charge on any atom is 0.294 e. The summed E-state index contributed by atoms with van der Waals surface area (Å²) in [4.78, 5) is -0.0666. The molecule has 6 nitrogen and oxygen atoms in total. The monoisotopic (exact) mass is 668 g/mol. The third-order valence-corrected chi connectivity index (χ3v) is 14.6. The van der Waals surface area contributed by atoms with Crippen LogP contribution in [0.4, 0.5) is 0 Å². The van der Waals surface area contributed by atoms with Crippen LogP contribution in [-0.2, 0) is 10.1 Å². The first-order valence-electron chi connectivity index (χ1n) is 18.4. The van der Waals surface area contributed by atoms with Crippen LogP contribution < -0.4 is 4.57 Å². The quantitative estimate of drug-likeness (QED) is 0.204. The molecule has 0 bridgehead atoms. The zero-order valence-electron chi connectivity index (χ0n) is 30.0. The van der Waals surface area contributed by atoms with Gasteiger partial charge in [-0.15, -0.1) is 0 Å². The predicted octanol–water partition coefficient (Wildman–Crippen LogP) is 8.27. The van der Waals surface area contributed by atoms with Crippen molar-refractivity contribution in [3.05, 3.63) is 59.9 Å². The summed E-state index contributed by atoms with van der Waals surface area (Å²) in [5.74, 6) is 4.50. The lowest BCUT2D eigenvalue weighted by Gasteiger charge is -2.64. The minimum Gasteiger partial charge on any atom is -0.393 e. The molecule has 10 unspecified atom stereocenters. The number of pyridine rings is 1. The van der Waals surface area contributed by atoms with Gasteiger partial charge in [-0.3, -0.25) is 4.55 Å². The Hall–Kier alpha value is -1.80. The van der Waals surface area contributed by atoms with E-state index in [1.165, 1.54) is 62.6 Å². The van der Waals surface area contributed by atoms with Gasteiger partial charge in [0.15, 0.2) is 18.4 Å². The van der Waals surface area contributed by atoms with E-state index in [4.69, 9.17) is 4.55 Å². The zero-order chi connectivity index (χ0) is 34.4. The van der Waals surface area contributed by atoms with Crippen molar-refractivity contribution in [3.63, 3.8) is 0 Å². The molecule has 4 saturated carbocycles. The fourth-order valence-electron chi connectivity index (χ4n) is 11.1. The van der Waals surface area contributed by atoms with Crippen LogP contribution in [0.15, 0.2) is 53.7 Å². The van der Waals surface area contributed by atoms with E-state index in [9.17, 15) is 18.6 Å². The third kappa shape index (κ3) is 7.11. The second-order valence-corrected chi connectivity index (χ2v) is 18.4. The van der Waals surface area contributed by atoms with Crippen LogP contribution in [-0.4, -0.2) is 34.9 Å². The summed E-state index contributed by atoms with van der Waals surface area (Å²) in [6.07, 6.45) is 16.9. The molecule has 4 aliphatic carbocycles. The molecule has 4 fully saturated rings. The molecule has 0 saturated heterocycles. The third-order valence-electron chi connectivity index (χ3n) is 13.7. The highest BCUT2D eigenvalue weighted by Crippen LogP contribution is 2.70. The number of fused-ring (bicyclic) bond motifs is 5. The normalized spacial score (nSPS) is 37.3. The molecule has 0 aliphatic heterocycles. The lowest BCUT2D eigenvalue weighted by atomic mass is 9.42. The van der Waals surface area contributed by atoms with E-state index in [0.29, 0.717) is 23.7 Å². The maximum atomic E-state index is 12.5. The number of aryl methyl sites for hydroxylation is 2. The molecule has 0 spiro atoms. The summed E-state index contributed by atoms with van der Waals surface area (Å²) in [7, 11) is -4.02. The van der Waals surface area contributed by atoms with Crippen molar-refractivity contribution in [1.29, 1.82) is 0 Å². The van der Waals surface area contributed by atoms with E-state index < -0.39 is 15.7 Å². The number of nitrogens with zero attached hydrogens (tertiary/aromatic N) is 1. The van der Waals surface area contributed by atoms with Gasteiger partial charge in [0, 0.05) is 30.4 Å². The van der Waals surface area contributed by atoms with Crippen LogP contribution in [0.1, 0.15) is 122 Å². The Balaban J connectivity index is 0.000000335. The molecular formula is C40H62NO5S+. The van der Waals surface area contributed by atoms with Crippen molar-refractivity contribution in [2.24, 2.45) is 46.3 Å². The molecule has 4 aliphatic rings. The Morgan fingerprint density at radius 2 is 1.51 bits per heavy atom. The summed E-state index contributed by atoms with van der Waals surface area (Å²) in [6.45, 7) is 16.3. The molecule has 7 heteroatoms. The fourth-order valence-corrected chi connectivity index (χ4v) is 11.6. The van der Waals surface area contributed by atoms with Gasteiger partial charge in [0.1, 0.15) is 5.60 Å². The molecular weight excluding hydrogens is 607 g/mol. The minimum atomic E-state index is -4.02. The highest BCUT2D eigenvalue weighted by molar-refractivity contribution is 7.85. The molecule has 0 radical (unpaired) electrons. The van der Waals surface area contributed by atoms with Gasteiger partial charge < -0.3 is 10.2 Å². The van der Waals surface area contributed by atoms with Crippen molar-refractivity contribution in [3.8, 4) is 0 Å². The molecule has 10 atom stereocenters. The van der Waals surface area contributed by atoms with Crippen LogP contribution in [0.5, 0.6) is 0 Å². The number of hydrogen-bond donors (Lipinski definition) is 3. The van der Waals surface area contributed by atoms with Gasteiger partial charge in [-0.2, -0.15) is 13.0 Å². The van der Waals surface area contributed by atoms with Crippen molar-refractivity contribution < 1.29 is 27.8 Å². The Bertz CT molecular complexity index is 1460. The lowest BCUT2D eigenvalue weighted by Crippen LogP contribution is -2.71. The summed E-state index contributed by atoms with van der Waals surface area (Å²) >= 11 is 0. The number of aliphatic hydroxyl groups is 2. The van der Waals surface area contributed by atoms with Crippen molar-refractivity contribution in [2.75, 3.05) is 0 Å². The largest absolute Gasteiger partial charge is 0.393 e. The minimum absolute atomic E-state index is 0.0455. The highest BCUT2D eigenvalue weighted by Gasteiger charge is 2.70. The van der Waals surface area contributed by atoms with E-state index in [-0.39, 0.29) is 22.5 Å². The molecule has 1 heterocycles. The zero-order valence-corrected chi connectivity index (χ0v) is 30.8. The Labute approximate surface area is 285 Å². The van der Waals surface area contributed by atoms with Crippen LogP contribution in [0.25, 0.3) is 0 Å². The topological polar surface area (TPSA) is 98.7 Å². The smallest absolute Gasteiger partial charge is 0.294 e. The van der Waals surface area contributed by atoms with Crippen molar-refractivity contribution in [2.45, 2.75) is 142 Å². The second-order valence-electron chi connectivity index (χ2n) is 17.0. The maximum absolute atomic E-state index is 12.5. The number of benzene rings is 1. The Kier molecular flexibility index (Phi) is 10.7. The summed E-state index contributed by atoms with van der Waals surface area (Å²) < 4.78 is 31.9. The Morgan fingerprint density at radius 1 is 0.872 bits per heavy atom. The van der Waals surface area contributed by atoms with Crippen LogP contribution in [0.3, 0.4) is 0 Å². The first-order chi connectivity index (χ1) is 22.0. The number of hydrogen-bond acceptors (Lipinski definition) is 4. The van der Waals surface area contributed by atoms with Crippen LogP contribution in [0.2, 0.25) is 0 Å². The summed E-state index contributed by atoms with van der Waals surface area (Å²) in [6, 6.07) is 10.4. The van der Waals surface area contributed by atoms with Gasteiger partial charge >= 0.3 is 0 Å². The van der Waals surface area contributed by atoms with Gasteiger partial charge in [-0.1, -0.05) is 71.6 Å². The summed E-state index contributed by atoms with van der Waals surface area (Å²) in [5, 5.41) is 23.3. The van der Waals surface area contributed by atoms with E-state index in [2.05, 4.69) is 70.6 Å². The van der Waals surface area contributed by atoms with Gasteiger partial charge in [-0.05, 0) is 111 Å². The molecule has 262 valence electrons. The van der Waals surface area contributed by atoms with Gasteiger partial charge in [0.05, 0.1) is 11.0 Å². The molecule has 3 N–H and O–H groups in total. The first kappa shape index (κ1) is 36.5. The molecule has 47 heavy (non-hydrogen) atoms. The van der Waals surface area contributed by atoms with Crippen LogP contribution >= 0.6 is 0 Å². The van der Waals surface area contributed by atoms with Gasteiger partial charge in [-0.25, -0.2) is 0 Å². The van der Waals surface area contributed by atoms with E-state index in [0.717, 1.165) is 48.5 Å². The van der Waals surface area contributed by atoms with Crippen LogP contribution in [0, 0.1) is 60.2 Å². The SMILES string of the molecule is Cc1cc[n+](C2CC3C4CCC(C(C)CCCC(C)C)C4(C)CCC3C3(C)CCC(O)CC23O)cc1.Cc1ccc(S(=O)(=O)O)cc1. The number of aliphatic hydroxyl groups excluding tert-OH is 1. The molecule has 6 rings (SSSR count). The van der Waals surface area contributed by atoms with Crippen molar-refractivity contribution >= 4 is 10.1 Å². The molecule has 0 amide bonds. The summed E-state index contributed by atoms with van der Waals surface area (Å²) in [5.41, 5.74) is 1.69. The first-order valence-corrected chi connectivity index (χ1v) is 19.9. The standard InChI is InChI=1S/C33H54NO2.C7H8O3S/c1-22(2)8-7-9-24(4)27-10-11-28-26-20-30(34-18-14-23(3)15-19-34)33(36)21-25(35)12-17-32(33,6)29(26)13-16-31(27,28)5;1-6-2-4-7(5-3-6)11(8,9)10/h14-15,18-19,22,24-30,35-36H,7-13,16-17,20-21H2,1-6H3;2-5H,1H3,(H,8,9,10)/q+1;. The molecule has 1 aromatic carbocycles. The average Bonchev–Trinajstić information content (AvgIpc) is 3.35. The fraction of sp³-hybridized carbons (Fsp3) is 0.725. The van der Waals surface area contributed by atoms with Gasteiger partial charge in [0.2, 0.25) is 0 Å². The second kappa shape index (κ2) is 13.8. The van der Waals surface area contributed by atoms with E-state index in [1.807, 2.05) is 6.92 Å². The number of aromatic nitrogens is 1. The van der Waals surface area contributed by atoms with Crippen molar-refractivity contribution in [1.82, 2.24) is 0 Å². The molecule has 1 aromatic heterocycles. The lowest BCUT2D eigenvalue weighted by molar-refractivity contribution is -0.747. The molecule has 2 aromatic rings. The van der Waals surface area contributed by atoms with E-state index in [1.54, 1.807) is 12.1 Å². The Morgan fingerprint density at radius 3 is 2.13 bits per heavy atom. The van der Waals surface area contributed by atoms with E-state index >= 15 is 0 Å². The average molecular weight is 669 g/mol. The predicted molar refractivity (Wildman–Crippen MR) is 187 cm³/mol. The number of rotatable bonds is 7.